The molecule has 0 saturated carbocycles. The van der Waals surface area contributed by atoms with Gasteiger partial charge in [0.05, 0.1) is 19.2 Å². The van der Waals surface area contributed by atoms with Crippen LogP contribution in [0.5, 0.6) is 0 Å². The first-order valence-corrected chi connectivity index (χ1v) is 5.18. The Hall–Kier alpha value is -2.17. The number of carbonyl (C=O) groups excluding carboxylic acids is 2. The number of hydrogen-bond donors (Lipinski definition) is 1. The van der Waals surface area contributed by atoms with Crippen molar-refractivity contribution in [3.63, 3.8) is 0 Å². The highest BCUT2D eigenvalue weighted by Gasteiger charge is 2.28. The fourth-order valence-electron chi connectivity index (χ4n) is 1.86. The van der Waals surface area contributed by atoms with Gasteiger partial charge in [-0.15, -0.1) is 0 Å². The van der Waals surface area contributed by atoms with Gasteiger partial charge in [0.2, 0.25) is 0 Å². The van der Waals surface area contributed by atoms with E-state index in [4.69, 9.17) is 5.73 Å². The van der Waals surface area contributed by atoms with Gasteiger partial charge in [-0.05, 0) is 0 Å². The molecule has 0 saturated heterocycles. The molecule has 0 atom stereocenters. The van der Waals surface area contributed by atoms with E-state index < -0.39 is 11.9 Å². The number of rotatable bonds is 3. The van der Waals surface area contributed by atoms with Crippen molar-refractivity contribution in [2.45, 2.75) is 12.8 Å². The third kappa shape index (κ3) is 2.04. The third-order valence-electron chi connectivity index (χ3n) is 2.66. The summed E-state index contributed by atoms with van der Waals surface area (Å²) >= 11 is 0. The summed E-state index contributed by atoms with van der Waals surface area (Å²) in [6, 6.07) is 0. The smallest absolute Gasteiger partial charge is 0.310 e. The molecule has 1 aliphatic carbocycles. The fraction of sp³-hybridized carbons (Fsp3) is 0.250. The molecule has 88 valence electrons. The topological polar surface area (TPSA) is 81.8 Å². The molecule has 1 heterocycles. The number of fused-ring (bicyclic) bond motifs is 1. The molecule has 17 heavy (non-hydrogen) atoms. The van der Waals surface area contributed by atoms with Crippen LogP contribution in [0.1, 0.15) is 12.8 Å². The predicted octanol–water partition coefficient (Wildman–Crippen LogP) is 0.630. The van der Waals surface area contributed by atoms with Crippen LogP contribution in [0.2, 0.25) is 0 Å². The summed E-state index contributed by atoms with van der Waals surface area (Å²) in [6.45, 7) is 0. The maximum absolute atomic E-state index is 11.3. The van der Waals surface area contributed by atoms with Crippen LogP contribution in [0, 0.1) is 0 Å². The molecule has 5 heteroatoms. The largest absolute Gasteiger partial charge is 0.469 e. The molecule has 2 aliphatic rings. The minimum atomic E-state index is -0.619. The standard InChI is InChI=1S/C12H12N2O3/c1-17-10(15)6-8-7-4-2-3-5-9(7)14-11(8)12(13)16/h2-4H,5-6H2,1H3,(H2,13,16). The van der Waals surface area contributed by atoms with Gasteiger partial charge in [-0.25, -0.2) is 4.99 Å². The van der Waals surface area contributed by atoms with E-state index in [9.17, 15) is 9.59 Å². The van der Waals surface area contributed by atoms with Gasteiger partial charge in [0, 0.05) is 17.6 Å². The van der Waals surface area contributed by atoms with E-state index in [-0.39, 0.29) is 12.1 Å². The number of amides is 1. The Labute approximate surface area is 98.3 Å². The van der Waals surface area contributed by atoms with Crippen LogP contribution >= 0.6 is 0 Å². The minimum Gasteiger partial charge on any atom is -0.469 e. The second-order valence-corrected chi connectivity index (χ2v) is 3.72. The van der Waals surface area contributed by atoms with E-state index in [1.165, 1.54) is 7.11 Å². The van der Waals surface area contributed by atoms with Crippen LogP contribution in [0.15, 0.2) is 40.1 Å². The van der Waals surface area contributed by atoms with Gasteiger partial charge in [0.1, 0.15) is 5.70 Å². The molecular weight excluding hydrogens is 220 g/mol. The van der Waals surface area contributed by atoms with Gasteiger partial charge in [-0.1, -0.05) is 18.2 Å². The first-order chi connectivity index (χ1) is 8.13. The number of carbonyl (C=O) groups is 2. The number of nitrogens with zero attached hydrogens (tertiary/aromatic N) is 1. The molecule has 1 aliphatic heterocycles. The average molecular weight is 232 g/mol. The zero-order valence-corrected chi connectivity index (χ0v) is 9.40. The molecule has 0 aromatic rings. The van der Waals surface area contributed by atoms with Crippen molar-refractivity contribution < 1.29 is 14.3 Å². The zero-order chi connectivity index (χ0) is 12.4. The number of primary amides is 1. The average Bonchev–Trinajstić information content (AvgIpc) is 2.68. The van der Waals surface area contributed by atoms with Crippen LogP contribution < -0.4 is 5.73 Å². The van der Waals surface area contributed by atoms with Gasteiger partial charge in [0.15, 0.2) is 0 Å². The summed E-state index contributed by atoms with van der Waals surface area (Å²) in [7, 11) is 1.30. The third-order valence-corrected chi connectivity index (χ3v) is 2.66. The minimum absolute atomic E-state index is 0.0153. The fourth-order valence-corrected chi connectivity index (χ4v) is 1.86. The Balaban J connectivity index is 2.39. The maximum atomic E-state index is 11.3. The van der Waals surface area contributed by atoms with Crippen molar-refractivity contribution in [1.82, 2.24) is 0 Å². The van der Waals surface area contributed by atoms with E-state index >= 15 is 0 Å². The Bertz CT molecular complexity index is 510. The number of aliphatic imine (C=N–C) groups is 1. The predicted molar refractivity (Wildman–Crippen MR) is 62.1 cm³/mol. The van der Waals surface area contributed by atoms with E-state index in [1.807, 2.05) is 18.2 Å². The van der Waals surface area contributed by atoms with Gasteiger partial charge in [-0.2, -0.15) is 0 Å². The summed E-state index contributed by atoms with van der Waals surface area (Å²) in [5.41, 5.74) is 7.57. The van der Waals surface area contributed by atoms with E-state index in [2.05, 4.69) is 9.73 Å². The molecule has 0 radical (unpaired) electrons. The van der Waals surface area contributed by atoms with Crippen molar-refractivity contribution in [2.75, 3.05) is 7.11 Å². The lowest BCUT2D eigenvalue weighted by Gasteiger charge is -2.09. The Morgan fingerprint density at radius 2 is 2.29 bits per heavy atom. The molecule has 2 N–H and O–H groups in total. The van der Waals surface area contributed by atoms with Crippen molar-refractivity contribution in [2.24, 2.45) is 10.7 Å². The number of methoxy groups -OCH3 is 1. The molecule has 0 aromatic heterocycles. The first-order valence-electron chi connectivity index (χ1n) is 5.18. The molecule has 0 spiro atoms. The lowest BCUT2D eigenvalue weighted by atomic mass is 9.94. The quantitative estimate of drug-likeness (QED) is 0.724. The molecule has 0 unspecified atom stereocenters. The van der Waals surface area contributed by atoms with Crippen molar-refractivity contribution >= 4 is 17.6 Å². The summed E-state index contributed by atoms with van der Waals surface area (Å²) in [5, 5.41) is 0. The number of hydrogen-bond acceptors (Lipinski definition) is 4. The molecule has 0 aromatic carbocycles. The van der Waals surface area contributed by atoms with Crippen LogP contribution in [0.25, 0.3) is 0 Å². The zero-order valence-electron chi connectivity index (χ0n) is 9.40. The summed E-state index contributed by atoms with van der Waals surface area (Å²) in [6.07, 6.45) is 6.29. The van der Waals surface area contributed by atoms with E-state index in [1.54, 1.807) is 0 Å². The summed E-state index contributed by atoms with van der Waals surface area (Å²) < 4.78 is 4.60. The lowest BCUT2D eigenvalue weighted by molar-refractivity contribution is -0.139. The molecule has 1 amide bonds. The molecule has 0 fully saturated rings. The lowest BCUT2D eigenvalue weighted by Crippen LogP contribution is -2.14. The molecule has 2 rings (SSSR count). The normalized spacial score (nSPS) is 17.5. The van der Waals surface area contributed by atoms with Gasteiger partial charge >= 0.3 is 5.97 Å². The SMILES string of the molecule is COC(=O)CC1=C(C(N)=O)N=C2CC=CC=C21. The number of allylic oxidation sites excluding steroid dienone is 4. The van der Waals surface area contributed by atoms with Crippen LogP contribution in [0.4, 0.5) is 0 Å². The van der Waals surface area contributed by atoms with Gasteiger partial charge in [-0.3, -0.25) is 9.59 Å². The van der Waals surface area contributed by atoms with Crippen LogP contribution in [0.3, 0.4) is 0 Å². The molecule has 0 bridgehead atoms. The van der Waals surface area contributed by atoms with Gasteiger partial charge in [0.25, 0.3) is 5.91 Å². The number of esters is 1. The van der Waals surface area contributed by atoms with Gasteiger partial charge < -0.3 is 10.5 Å². The highest BCUT2D eigenvalue weighted by Crippen LogP contribution is 2.31. The Kier molecular flexibility index (Phi) is 2.91. The highest BCUT2D eigenvalue weighted by atomic mass is 16.5. The van der Waals surface area contributed by atoms with Crippen molar-refractivity contribution in [1.29, 1.82) is 0 Å². The second-order valence-electron chi connectivity index (χ2n) is 3.72. The summed E-state index contributed by atoms with van der Waals surface area (Å²) in [4.78, 5) is 26.8. The maximum Gasteiger partial charge on any atom is 0.310 e. The monoisotopic (exact) mass is 232 g/mol. The Morgan fingerprint density at radius 1 is 1.53 bits per heavy atom. The highest BCUT2D eigenvalue weighted by molar-refractivity contribution is 6.14. The number of nitrogens with two attached hydrogens (primary N) is 1. The Morgan fingerprint density at radius 3 is 2.94 bits per heavy atom. The van der Waals surface area contributed by atoms with Crippen LogP contribution in [-0.2, 0) is 14.3 Å². The molecular formula is C12H12N2O3. The van der Waals surface area contributed by atoms with Crippen molar-refractivity contribution in [3.8, 4) is 0 Å². The van der Waals surface area contributed by atoms with Crippen LogP contribution in [-0.4, -0.2) is 24.7 Å². The second kappa shape index (κ2) is 4.37. The van der Waals surface area contributed by atoms with E-state index in [0.29, 0.717) is 12.0 Å². The summed E-state index contributed by atoms with van der Waals surface area (Å²) in [5.74, 6) is -1.03. The molecule has 5 nitrogen and oxygen atoms in total. The number of ether oxygens (including phenoxy) is 1. The van der Waals surface area contributed by atoms with E-state index in [0.717, 1.165) is 11.3 Å². The first kappa shape index (κ1) is 11.3. The van der Waals surface area contributed by atoms with Crippen molar-refractivity contribution in [3.05, 3.63) is 35.1 Å².